The predicted octanol–water partition coefficient (Wildman–Crippen LogP) is 3.01. The summed E-state index contributed by atoms with van der Waals surface area (Å²) in [4.78, 5) is 7.05. The van der Waals surface area contributed by atoms with E-state index in [1.54, 1.807) is 0 Å². The maximum Gasteiger partial charge on any atom is 0.111 e. The minimum Gasteiger partial charge on any atom is -0.371 e. The van der Waals surface area contributed by atoms with Gasteiger partial charge in [0, 0.05) is 19.1 Å². The van der Waals surface area contributed by atoms with E-state index in [4.69, 9.17) is 0 Å². The molecular formula is C16H23Cl2N3. The molecule has 0 saturated carbocycles. The van der Waals surface area contributed by atoms with Gasteiger partial charge in [0.05, 0.1) is 13.1 Å². The zero-order valence-electron chi connectivity index (χ0n) is 12.1. The quantitative estimate of drug-likeness (QED) is 0.861. The molecule has 2 aliphatic heterocycles. The van der Waals surface area contributed by atoms with Gasteiger partial charge in [0.15, 0.2) is 0 Å². The highest BCUT2D eigenvalue weighted by Gasteiger charge is 2.27. The number of fused-ring (bicyclic) bond motifs is 1. The summed E-state index contributed by atoms with van der Waals surface area (Å²) < 4.78 is 0. The third-order valence-corrected chi connectivity index (χ3v) is 4.01. The number of amidine groups is 1. The van der Waals surface area contributed by atoms with Gasteiger partial charge in [0.1, 0.15) is 5.84 Å². The molecule has 3 nitrogen and oxygen atoms in total. The van der Waals surface area contributed by atoms with Crippen molar-refractivity contribution in [2.75, 3.05) is 26.2 Å². The van der Waals surface area contributed by atoms with Crippen molar-refractivity contribution < 1.29 is 0 Å². The van der Waals surface area contributed by atoms with Crippen LogP contribution in [0.4, 0.5) is 0 Å². The van der Waals surface area contributed by atoms with Crippen LogP contribution in [-0.2, 0) is 6.42 Å². The lowest BCUT2D eigenvalue weighted by Gasteiger charge is -2.36. The maximum absolute atomic E-state index is 4.52. The van der Waals surface area contributed by atoms with Gasteiger partial charge in [-0.25, -0.2) is 0 Å². The minimum absolute atomic E-state index is 0. The van der Waals surface area contributed by atoms with E-state index in [1.165, 1.54) is 11.1 Å². The first-order chi connectivity index (χ1) is 9.38. The fraction of sp³-hybridized carbons (Fsp3) is 0.438. The number of nitrogens with zero attached hydrogens (tertiary/aromatic N) is 2. The molecule has 116 valence electrons. The van der Waals surface area contributed by atoms with Gasteiger partial charge in [-0.1, -0.05) is 30.3 Å². The van der Waals surface area contributed by atoms with Gasteiger partial charge in [-0.15, -0.1) is 31.4 Å². The van der Waals surface area contributed by atoms with E-state index in [0.717, 1.165) is 44.9 Å². The van der Waals surface area contributed by atoms with Crippen molar-refractivity contribution in [2.45, 2.75) is 18.9 Å². The molecule has 0 fully saturated rings. The van der Waals surface area contributed by atoms with Gasteiger partial charge in [-0.2, -0.15) is 0 Å². The molecule has 21 heavy (non-hydrogen) atoms. The Labute approximate surface area is 139 Å². The Morgan fingerprint density at radius 2 is 2.14 bits per heavy atom. The van der Waals surface area contributed by atoms with Crippen LogP contribution in [0, 0.1) is 0 Å². The minimum atomic E-state index is 0. The smallest absolute Gasteiger partial charge is 0.111 e. The largest absolute Gasteiger partial charge is 0.371 e. The van der Waals surface area contributed by atoms with E-state index >= 15 is 0 Å². The second kappa shape index (κ2) is 8.42. The van der Waals surface area contributed by atoms with Crippen LogP contribution in [0.3, 0.4) is 0 Å². The van der Waals surface area contributed by atoms with Gasteiger partial charge in [-0.3, -0.25) is 9.89 Å². The third kappa shape index (κ3) is 4.00. The van der Waals surface area contributed by atoms with Gasteiger partial charge in [0.25, 0.3) is 0 Å². The molecule has 0 aliphatic carbocycles. The Hall–Kier alpha value is -1.03. The Bertz CT molecular complexity index is 502. The summed E-state index contributed by atoms with van der Waals surface area (Å²) in [7, 11) is 0. The Balaban J connectivity index is 0.00000110. The van der Waals surface area contributed by atoms with Crippen molar-refractivity contribution >= 4 is 30.6 Å². The normalized spacial score (nSPS) is 20.4. The highest BCUT2D eigenvalue weighted by molar-refractivity contribution is 5.86. The highest BCUT2D eigenvalue weighted by Crippen LogP contribution is 2.32. The van der Waals surface area contributed by atoms with Crippen LogP contribution in [0.15, 0.2) is 41.9 Å². The molecule has 0 amide bonds. The lowest BCUT2D eigenvalue weighted by Crippen LogP contribution is -2.41. The molecule has 0 bridgehead atoms. The second-order valence-electron chi connectivity index (χ2n) is 5.21. The number of hydrogen-bond donors (Lipinski definition) is 1. The van der Waals surface area contributed by atoms with E-state index in [9.17, 15) is 0 Å². The monoisotopic (exact) mass is 327 g/mol. The number of halogens is 2. The van der Waals surface area contributed by atoms with E-state index < -0.39 is 0 Å². The standard InChI is InChI=1S/C16H21N3.2ClH/c1-2-5-15-14-7-4-3-6-13(14)8-11-19(15)12-16-17-9-10-18-16;;/h2-4,6-7,15H,1,5,8-12H2,(H,17,18);2*1H. The molecule has 1 atom stereocenters. The molecule has 2 heterocycles. The van der Waals surface area contributed by atoms with Crippen LogP contribution in [0.25, 0.3) is 0 Å². The zero-order chi connectivity index (χ0) is 13.1. The van der Waals surface area contributed by atoms with Crippen molar-refractivity contribution in [3.8, 4) is 0 Å². The average molecular weight is 328 g/mol. The molecule has 1 unspecified atom stereocenters. The number of hydrogen-bond acceptors (Lipinski definition) is 3. The summed E-state index contributed by atoms with van der Waals surface area (Å²) in [6.07, 6.45) is 4.17. The first-order valence-corrected chi connectivity index (χ1v) is 7.08. The molecule has 0 spiro atoms. The Morgan fingerprint density at radius 3 is 2.86 bits per heavy atom. The van der Waals surface area contributed by atoms with Crippen LogP contribution in [0.1, 0.15) is 23.6 Å². The first-order valence-electron chi connectivity index (χ1n) is 7.08. The molecule has 0 saturated heterocycles. The van der Waals surface area contributed by atoms with Crippen LogP contribution >= 0.6 is 24.8 Å². The van der Waals surface area contributed by atoms with Crippen LogP contribution in [0.5, 0.6) is 0 Å². The van der Waals surface area contributed by atoms with E-state index in [2.05, 4.69) is 46.1 Å². The number of benzene rings is 1. The molecule has 1 aromatic carbocycles. The molecule has 1 aromatic rings. The molecular weight excluding hydrogens is 305 g/mol. The molecule has 2 aliphatic rings. The van der Waals surface area contributed by atoms with E-state index in [1.807, 2.05) is 6.08 Å². The molecule has 0 aromatic heterocycles. The zero-order valence-corrected chi connectivity index (χ0v) is 13.8. The summed E-state index contributed by atoms with van der Waals surface area (Å²) in [6, 6.07) is 9.26. The number of rotatable bonds is 4. The molecule has 5 heteroatoms. The summed E-state index contributed by atoms with van der Waals surface area (Å²) in [6.45, 7) is 7.88. The summed E-state index contributed by atoms with van der Waals surface area (Å²) in [5.41, 5.74) is 2.96. The van der Waals surface area contributed by atoms with Crippen molar-refractivity contribution in [3.05, 3.63) is 48.0 Å². The molecule has 0 radical (unpaired) electrons. The predicted molar refractivity (Wildman–Crippen MR) is 94.1 cm³/mol. The third-order valence-electron chi connectivity index (χ3n) is 4.01. The molecule has 3 rings (SSSR count). The second-order valence-corrected chi connectivity index (χ2v) is 5.21. The van der Waals surface area contributed by atoms with Crippen molar-refractivity contribution in [3.63, 3.8) is 0 Å². The van der Waals surface area contributed by atoms with Crippen molar-refractivity contribution in [1.29, 1.82) is 0 Å². The average Bonchev–Trinajstić information content (AvgIpc) is 2.94. The van der Waals surface area contributed by atoms with Crippen LogP contribution in [-0.4, -0.2) is 36.9 Å². The number of aliphatic imine (C=N–C) groups is 1. The summed E-state index contributed by atoms with van der Waals surface area (Å²) in [5, 5.41) is 3.37. The highest BCUT2D eigenvalue weighted by atomic mass is 35.5. The fourth-order valence-electron chi connectivity index (χ4n) is 3.07. The Morgan fingerprint density at radius 1 is 1.33 bits per heavy atom. The van der Waals surface area contributed by atoms with Crippen LogP contribution < -0.4 is 5.32 Å². The van der Waals surface area contributed by atoms with Gasteiger partial charge in [0.2, 0.25) is 0 Å². The topological polar surface area (TPSA) is 27.6 Å². The van der Waals surface area contributed by atoms with E-state index in [0.29, 0.717) is 6.04 Å². The lowest BCUT2D eigenvalue weighted by molar-refractivity contribution is 0.213. The van der Waals surface area contributed by atoms with Crippen molar-refractivity contribution in [1.82, 2.24) is 10.2 Å². The lowest BCUT2D eigenvalue weighted by atomic mass is 9.90. The van der Waals surface area contributed by atoms with Gasteiger partial charge >= 0.3 is 0 Å². The first kappa shape index (κ1) is 18.0. The molecule has 1 N–H and O–H groups in total. The van der Waals surface area contributed by atoms with Gasteiger partial charge < -0.3 is 5.32 Å². The number of nitrogens with one attached hydrogen (secondary N) is 1. The van der Waals surface area contributed by atoms with E-state index in [-0.39, 0.29) is 24.8 Å². The van der Waals surface area contributed by atoms with Crippen molar-refractivity contribution in [2.24, 2.45) is 4.99 Å². The maximum atomic E-state index is 4.52. The fourth-order valence-corrected chi connectivity index (χ4v) is 3.07. The summed E-state index contributed by atoms with van der Waals surface area (Å²) in [5.74, 6) is 1.15. The Kier molecular flexibility index (Phi) is 7.23. The summed E-state index contributed by atoms with van der Waals surface area (Å²) >= 11 is 0. The van der Waals surface area contributed by atoms with Crippen LogP contribution in [0.2, 0.25) is 0 Å². The van der Waals surface area contributed by atoms with Gasteiger partial charge in [-0.05, 0) is 24.0 Å². The SMILES string of the molecule is C=CCC1c2ccccc2CCN1CC1=NCCN1.Cl.Cl.